The summed E-state index contributed by atoms with van der Waals surface area (Å²) >= 11 is 6.19. The minimum Gasteiger partial charge on any atom is -0.478 e. The van der Waals surface area contributed by atoms with Crippen LogP contribution >= 0.6 is 11.6 Å². The highest BCUT2D eigenvalue weighted by Crippen LogP contribution is 2.29. The van der Waals surface area contributed by atoms with Crippen LogP contribution in [0.3, 0.4) is 0 Å². The molecule has 19 heavy (non-hydrogen) atoms. The van der Waals surface area contributed by atoms with E-state index in [2.05, 4.69) is 18.7 Å². The van der Waals surface area contributed by atoms with E-state index >= 15 is 0 Å². The average Bonchev–Trinajstić information content (AvgIpc) is 2.36. The fourth-order valence-corrected chi connectivity index (χ4v) is 2.25. The first-order valence-corrected chi connectivity index (χ1v) is 6.92. The first kappa shape index (κ1) is 15.6. The maximum atomic E-state index is 10.7. The molecule has 0 bridgehead atoms. The molecule has 1 aromatic rings. The molecule has 0 aliphatic rings. The van der Waals surface area contributed by atoms with E-state index in [4.69, 9.17) is 16.7 Å². The SMILES string of the molecule is CCCN(CCC)c1cccc(Cl)c1/C=C/C(=O)O. The van der Waals surface area contributed by atoms with Crippen LogP contribution in [-0.2, 0) is 4.79 Å². The molecule has 0 amide bonds. The molecule has 0 spiro atoms. The zero-order chi connectivity index (χ0) is 14.3. The van der Waals surface area contributed by atoms with E-state index in [0.717, 1.165) is 43.3 Å². The Balaban J connectivity index is 3.16. The van der Waals surface area contributed by atoms with Gasteiger partial charge in [0.25, 0.3) is 0 Å². The van der Waals surface area contributed by atoms with Gasteiger partial charge in [-0.25, -0.2) is 4.79 Å². The summed E-state index contributed by atoms with van der Waals surface area (Å²) in [6.07, 6.45) is 4.77. The Morgan fingerprint density at radius 3 is 2.47 bits per heavy atom. The summed E-state index contributed by atoms with van der Waals surface area (Å²) in [6, 6.07) is 5.66. The largest absolute Gasteiger partial charge is 0.478 e. The number of nitrogens with zero attached hydrogens (tertiary/aromatic N) is 1. The smallest absolute Gasteiger partial charge is 0.328 e. The van der Waals surface area contributed by atoms with Crippen molar-refractivity contribution in [2.45, 2.75) is 26.7 Å². The van der Waals surface area contributed by atoms with Crippen LogP contribution in [0.15, 0.2) is 24.3 Å². The van der Waals surface area contributed by atoms with Crippen molar-refractivity contribution in [1.82, 2.24) is 0 Å². The lowest BCUT2D eigenvalue weighted by Gasteiger charge is -2.26. The number of halogens is 1. The maximum Gasteiger partial charge on any atom is 0.328 e. The second-order valence-corrected chi connectivity index (χ2v) is 4.74. The molecule has 104 valence electrons. The molecule has 1 aromatic carbocycles. The summed E-state index contributed by atoms with van der Waals surface area (Å²) in [6.45, 7) is 6.12. The van der Waals surface area contributed by atoms with Crippen LogP contribution in [0.4, 0.5) is 5.69 Å². The third-order valence-corrected chi connectivity index (χ3v) is 3.08. The Hall–Kier alpha value is -1.48. The molecule has 4 heteroatoms. The number of aliphatic carboxylic acids is 1. The standard InChI is InChI=1S/C15H20ClNO2/c1-3-10-17(11-4-2)14-7-5-6-13(16)12(14)8-9-15(18)19/h5-9H,3-4,10-11H2,1-2H3,(H,18,19)/b9-8+. The van der Waals surface area contributed by atoms with E-state index in [9.17, 15) is 4.79 Å². The van der Waals surface area contributed by atoms with Gasteiger partial charge in [-0.05, 0) is 31.1 Å². The van der Waals surface area contributed by atoms with Gasteiger partial charge in [0.15, 0.2) is 0 Å². The zero-order valence-corrected chi connectivity index (χ0v) is 12.2. The minimum atomic E-state index is -0.969. The second kappa shape index (κ2) is 7.85. The lowest BCUT2D eigenvalue weighted by molar-refractivity contribution is -0.131. The van der Waals surface area contributed by atoms with Gasteiger partial charge in [-0.2, -0.15) is 0 Å². The monoisotopic (exact) mass is 281 g/mol. The van der Waals surface area contributed by atoms with E-state index in [1.165, 1.54) is 0 Å². The number of carboxylic acids is 1. The maximum absolute atomic E-state index is 10.7. The van der Waals surface area contributed by atoms with Crippen LogP contribution in [0.1, 0.15) is 32.3 Å². The normalized spacial score (nSPS) is 10.9. The Bertz CT molecular complexity index is 451. The Morgan fingerprint density at radius 1 is 1.32 bits per heavy atom. The number of carbonyl (C=O) groups is 1. The Kier molecular flexibility index (Phi) is 6.43. The van der Waals surface area contributed by atoms with Gasteiger partial charge in [0, 0.05) is 35.4 Å². The molecule has 0 atom stereocenters. The van der Waals surface area contributed by atoms with Gasteiger partial charge in [0.05, 0.1) is 0 Å². The zero-order valence-electron chi connectivity index (χ0n) is 11.4. The predicted octanol–water partition coefficient (Wildman–Crippen LogP) is 4.06. The van der Waals surface area contributed by atoms with Crippen molar-refractivity contribution >= 4 is 29.3 Å². The Morgan fingerprint density at radius 2 is 1.95 bits per heavy atom. The predicted molar refractivity (Wildman–Crippen MR) is 80.9 cm³/mol. The van der Waals surface area contributed by atoms with Crippen molar-refractivity contribution in [2.75, 3.05) is 18.0 Å². The molecule has 0 aliphatic carbocycles. The topological polar surface area (TPSA) is 40.5 Å². The summed E-state index contributed by atoms with van der Waals surface area (Å²) in [7, 11) is 0. The van der Waals surface area contributed by atoms with Crippen LogP contribution in [0.2, 0.25) is 5.02 Å². The summed E-state index contributed by atoms with van der Waals surface area (Å²) in [5.74, 6) is -0.969. The molecule has 0 fully saturated rings. The summed E-state index contributed by atoms with van der Waals surface area (Å²) in [5.41, 5.74) is 1.77. The van der Waals surface area contributed by atoms with Gasteiger partial charge in [0.2, 0.25) is 0 Å². The number of carboxylic acid groups (broad SMARTS) is 1. The number of anilines is 1. The summed E-state index contributed by atoms with van der Waals surface area (Å²) < 4.78 is 0. The van der Waals surface area contributed by atoms with Crippen LogP contribution in [-0.4, -0.2) is 24.2 Å². The number of hydrogen-bond donors (Lipinski definition) is 1. The fraction of sp³-hybridized carbons (Fsp3) is 0.400. The van der Waals surface area contributed by atoms with E-state index in [-0.39, 0.29) is 0 Å². The first-order valence-electron chi connectivity index (χ1n) is 6.54. The Labute approximate surface area is 119 Å². The molecular weight excluding hydrogens is 262 g/mol. The fourth-order valence-electron chi connectivity index (χ4n) is 2.01. The van der Waals surface area contributed by atoms with Crippen molar-refractivity contribution in [3.05, 3.63) is 34.9 Å². The van der Waals surface area contributed by atoms with Crippen LogP contribution in [0.25, 0.3) is 6.08 Å². The third-order valence-electron chi connectivity index (χ3n) is 2.75. The van der Waals surface area contributed by atoms with E-state index < -0.39 is 5.97 Å². The highest BCUT2D eigenvalue weighted by Gasteiger charge is 2.11. The molecule has 0 saturated heterocycles. The van der Waals surface area contributed by atoms with Gasteiger partial charge in [-0.15, -0.1) is 0 Å². The number of hydrogen-bond acceptors (Lipinski definition) is 2. The molecular formula is C15H20ClNO2. The van der Waals surface area contributed by atoms with Crippen LogP contribution in [0, 0.1) is 0 Å². The van der Waals surface area contributed by atoms with Gasteiger partial charge in [-0.3, -0.25) is 0 Å². The molecule has 3 nitrogen and oxygen atoms in total. The highest BCUT2D eigenvalue weighted by molar-refractivity contribution is 6.32. The first-order chi connectivity index (χ1) is 9.10. The van der Waals surface area contributed by atoms with Crippen molar-refractivity contribution in [3.63, 3.8) is 0 Å². The third kappa shape index (κ3) is 4.60. The lowest BCUT2D eigenvalue weighted by Crippen LogP contribution is -2.25. The lowest BCUT2D eigenvalue weighted by atomic mass is 10.1. The average molecular weight is 282 g/mol. The summed E-state index contributed by atoms with van der Waals surface area (Å²) in [5, 5.41) is 9.33. The molecule has 1 rings (SSSR count). The minimum absolute atomic E-state index is 0.576. The van der Waals surface area contributed by atoms with E-state index in [1.807, 2.05) is 12.1 Å². The van der Waals surface area contributed by atoms with E-state index in [0.29, 0.717) is 5.02 Å². The molecule has 0 aliphatic heterocycles. The molecule has 0 radical (unpaired) electrons. The highest BCUT2D eigenvalue weighted by atomic mass is 35.5. The quantitative estimate of drug-likeness (QED) is 0.766. The van der Waals surface area contributed by atoms with Crippen molar-refractivity contribution in [3.8, 4) is 0 Å². The van der Waals surface area contributed by atoms with Gasteiger partial charge < -0.3 is 10.0 Å². The molecule has 1 N–H and O–H groups in total. The molecule has 0 heterocycles. The molecule has 0 unspecified atom stereocenters. The van der Waals surface area contributed by atoms with Gasteiger partial charge in [-0.1, -0.05) is 31.5 Å². The van der Waals surface area contributed by atoms with Gasteiger partial charge in [0.1, 0.15) is 0 Å². The van der Waals surface area contributed by atoms with Crippen molar-refractivity contribution in [2.24, 2.45) is 0 Å². The van der Waals surface area contributed by atoms with Crippen LogP contribution < -0.4 is 4.90 Å². The van der Waals surface area contributed by atoms with Crippen molar-refractivity contribution < 1.29 is 9.90 Å². The summed E-state index contributed by atoms with van der Waals surface area (Å²) in [4.78, 5) is 12.9. The number of rotatable bonds is 7. The van der Waals surface area contributed by atoms with Gasteiger partial charge >= 0.3 is 5.97 Å². The molecule has 0 aromatic heterocycles. The van der Waals surface area contributed by atoms with Crippen LogP contribution in [0.5, 0.6) is 0 Å². The van der Waals surface area contributed by atoms with E-state index in [1.54, 1.807) is 12.1 Å². The molecule has 0 saturated carbocycles. The second-order valence-electron chi connectivity index (χ2n) is 4.33. The van der Waals surface area contributed by atoms with Crippen molar-refractivity contribution in [1.29, 1.82) is 0 Å². The number of benzene rings is 1.